The van der Waals surface area contributed by atoms with Gasteiger partial charge in [0.2, 0.25) is 0 Å². The van der Waals surface area contributed by atoms with Crippen LogP contribution >= 0.6 is 0 Å². The van der Waals surface area contributed by atoms with E-state index in [1.165, 1.54) is 0 Å². The average molecular weight is 289 g/mol. The van der Waals surface area contributed by atoms with Crippen molar-refractivity contribution in [2.24, 2.45) is 0 Å². The lowest BCUT2D eigenvalue weighted by atomic mass is 9.91. The number of hydrogen-bond acceptors (Lipinski definition) is 3. The Hall–Kier alpha value is -1.84. The average Bonchev–Trinajstić information content (AvgIpc) is 2.60. The van der Waals surface area contributed by atoms with Gasteiger partial charge in [-0.3, -0.25) is 4.79 Å². The number of carbonyl (C=O) groups excluding carboxylic acids is 2. The van der Waals surface area contributed by atoms with E-state index in [-0.39, 0.29) is 17.8 Å². The zero-order chi connectivity index (χ0) is 15.5. The molecule has 0 N–H and O–H groups in total. The zero-order valence-corrected chi connectivity index (χ0v) is 13.0. The van der Waals surface area contributed by atoms with Gasteiger partial charge in [0.25, 0.3) is 0 Å². The van der Waals surface area contributed by atoms with Gasteiger partial charge in [-0.05, 0) is 32.8 Å². The van der Waals surface area contributed by atoms with Crippen LogP contribution in [0.4, 0.5) is 4.79 Å². The molecule has 21 heavy (non-hydrogen) atoms. The minimum Gasteiger partial charge on any atom is -0.444 e. The van der Waals surface area contributed by atoms with E-state index in [1.807, 2.05) is 51.1 Å². The normalized spacial score (nSPS) is 20.0. The first-order valence-corrected chi connectivity index (χ1v) is 7.42. The van der Waals surface area contributed by atoms with Crippen LogP contribution in [0.5, 0.6) is 0 Å². The van der Waals surface area contributed by atoms with Crippen LogP contribution in [-0.4, -0.2) is 35.5 Å². The molecule has 1 heterocycles. The lowest BCUT2D eigenvalue weighted by Crippen LogP contribution is -2.37. The van der Waals surface area contributed by atoms with Crippen LogP contribution in [0.2, 0.25) is 0 Å². The number of benzene rings is 1. The summed E-state index contributed by atoms with van der Waals surface area (Å²) in [6.45, 7) is 6.54. The Morgan fingerprint density at radius 2 is 1.86 bits per heavy atom. The second-order valence-electron chi connectivity index (χ2n) is 6.44. The molecule has 4 nitrogen and oxygen atoms in total. The van der Waals surface area contributed by atoms with Crippen molar-refractivity contribution in [1.29, 1.82) is 0 Å². The molecule has 0 aliphatic carbocycles. The lowest BCUT2D eigenvalue weighted by Gasteiger charge is -2.26. The molecular weight excluding hydrogens is 266 g/mol. The van der Waals surface area contributed by atoms with Gasteiger partial charge in [0.15, 0.2) is 0 Å². The molecule has 114 valence electrons. The van der Waals surface area contributed by atoms with E-state index in [1.54, 1.807) is 4.90 Å². The van der Waals surface area contributed by atoms with Crippen molar-refractivity contribution >= 4 is 11.9 Å². The van der Waals surface area contributed by atoms with E-state index in [0.717, 1.165) is 5.56 Å². The maximum atomic E-state index is 12.3. The van der Waals surface area contributed by atoms with E-state index in [4.69, 9.17) is 4.74 Å². The molecule has 1 aromatic carbocycles. The molecule has 0 bridgehead atoms. The van der Waals surface area contributed by atoms with Gasteiger partial charge >= 0.3 is 6.09 Å². The number of amides is 1. The Labute approximate surface area is 126 Å². The molecule has 1 unspecified atom stereocenters. The fourth-order valence-corrected chi connectivity index (χ4v) is 2.52. The van der Waals surface area contributed by atoms with Crippen LogP contribution < -0.4 is 0 Å². The molecule has 1 aliphatic rings. The van der Waals surface area contributed by atoms with Crippen molar-refractivity contribution in [3.63, 3.8) is 0 Å². The Morgan fingerprint density at radius 3 is 2.48 bits per heavy atom. The smallest absolute Gasteiger partial charge is 0.410 e. The van der Waals surface area contributed by atoms with Crippen molar-refractivity contribution < 1.29 is 14.3 Å². The topological polar surface area (TPSA) is 46.6 Å². The van der Waals surface area contributed by atoms with Crippen LogP contribution in [0.25, 0.3) is 0 Å². The van der Waals surface area contributed by atoms with E-state index >= 15 is 0 Å². The largest absolute Gasteiger partial charge is 0.444 e. The second kappa shape index (κ2) is 6.29. The highest BCUT2D eigenvalue weighted by Gasteiger charge is 2.29. The number of rotatable bonds is 1. The highest BCUT2D eigenvalue weighted by molar-refractivity contribution is 5.86. The van der Waals surface area contributed by atoms with E-state index < -0.39 is 5.60 Å². The predicted molar refractivity (Wildman–Crippen MR) is 81.2 cm³/mol. The van der Waals surface area contributed by atoms with Crippen LogP contribution in [0.15, 0.2) is 30.3 Å². The summed E-state index contributed by atoms with van der Waals surface area (Å²) < 4.78 is 5.38. The quantitative estimate of drug-likeness (QED) is 0.796. The molecule has 1 fully saturated rings. The standard InChI is InChI=1S/C17H23NO3/c1-17(2,3)21-16(20)18-11-9-14(15(19)10-12-18)13-7-5-4-6-8-13/h4-8,14H,9-12H2,1-3H3. The van der Waals surface area contributed by atoms with Gasteiger partial charge in [-0.2, -0.15) is 0 Å². The van der Waals surface area contributed by atoms with E-state index in [2.05, 4.69) is 0 Å². The highest BCUT2D eigenvalue weighted by Crippen LogP contribution is 2.25. The molecule has 1 amide bonds. The van der Waals surface area contributed by atoms with Gasteiger partial charge in [0, 0.05) is 25.4 Å². The van der Waals surface area contributed by atoms with Gasteiger partial charge in [-0.1, -0.05) is 30.3 Å². The zero-order valence-electron chi connectivity index (χ0n) is 13.0. The Bertz CT molecular complexity index is 505. The number of Topliss-reactive ketones (excluding diaryl/α,β-unsaturated/α-hetero) is 1. The van der Waals surface area contributed by atoms with Crippen molar-refractivity contribution in [3.05, 3.63) is 35.9 Å². The Balaban J connectivity index is 2.04. The van der Waals surface area contributed by atoms with Crippen molar-refractivity contribution in [2.75, 3.05) is 13.1 Å². The summed E-state index contributed by atoms with van der Waals surface area (Å²) >= 11 is 0. The lowest BCUT2D eigenvalue weighted by molar-refractivity contribution is -0.120. The summed E-state index contributed by atoms with van der Waals surface area (Å²) in [6.07, 6.45) is 0.713. The van der Waals surface area contributed by atoms with Gasteiger partial charge in [0.1, 0.15) is 11.4 Å². The summed E-state index contributed by atoms with van der Waals surface area (Å²) in [5, 5.41) is 0. The molecule has 0 radical (unpaired) electrons. The SMILES string of the molecule is CC(C)(C)OC(=O)N1CCC(=O)C(c2ccccc2)CC1. The third kappa shape index (κ3) is 4.31. The molecule has 2 rings (SSSR count). The molecule has 1 aromatic rings. The number of hydrogen-bond donors (Lipinski definition) is 0. The number of likely N-dealkylation sites (tertiary alicyclic amines) is 1. The van der Waals surface area contributed by atoms with E-state index in [0.29, 0.717) is 25.9 Å². The van der Waals surface area contributed by atoms with Crippen molar-refractivity contribution in [3.8, 4) is 0 Å². The molecule has 0 saturated carbocycles. The molecule has 1 saturated heterocycles. The molecule has 4 heteroatoms. The number of ether oxygens (including phenoxy) is 1. The van der Waals surface area contributed by atoms with Gasteiger partial charge in [-0.15, -0.1) is 0 Å². The minimum absolute atomic E-state index is 0.112. The van der Waals surface area contributed by atoms with Crippen LogP contribution in [0, 0.1) is 0 Å². The Morgan fingerprint density at radius 1 is 1.19 bits per heavy atom. The molecule has 0 aromatic heterocycles. The van der Waals surface area contributed by atoms with Crippen LogP contribution in [-0.2, 0) is 9.53 Å². The molecule has 0 spiro atoms. The summed E-state index contributed by atoms with van der Waals surface area (Å²) in [6, 6.07) is 9.79. The van der Waals surface area contributed by atoms with Crippen molar-refractivity contribution in [2.45, 2.75) is 45.1 Å². The summed E-state index contributed by atoms with van der Waals surface area (Å²) in [5.41, 5.74) is 0.528. The number of ketones is 1. The molecule has 1 aliphatic heterocycles. The fraction of sp³-hybridized carbons (Fsp3) is 0.529. The van der Waals surface area contributed by atoms with Gasteiger partial charge in [-0.25, -0.2) is 4.79 Å². The van der Waals surface area contributed by atoms with Gasteiger partial charge < -0.3 is 9.64 Å². The van der Waals surface area contributed by atoms with Crippen LogP contribution in [0.1, 0.15) is 45.1 Å². The third-order valence-electron chi connectivity index (χ3n) is 3.56. The molecular formula is C17H23NO3. The first-order valence-electron chi connectivity index (χ1n) is 7.42. The van der Waals surface area contributed by atoms with Crippen LogP contribution in [0.3, 0.4) is 0 Å². The monoisotopic (exact) mass is 289 g/mol. The summed E-state index contributed by atoms with van der Waals surface area (Å²) in [4.78, 5) is 26.0. The van der Waals surface area contributed by atoms with Crippen molar-refractivity contribution in [1.82, 2.24) is 4.90 Å². The maximum absolute atomic E-state index is 12.3. The second-order valence-corrected chi connectivity index (χ2v) is 6.44. The maximum Gasteiger partial charge on any atom is 0.410 e. The third-order valence-corrected chi connectivity index (χ3v) is 3.56. The summed E-state index contributed by atoms with van der Waals surface area (Å²) in [7, 11) is 0. The fourth-order valence-electron chi connectivity index (χ4n) is 2.52. The van der Waals surface area contributed by atoms with Gasteiger partial charge in [0.05, 0.1) is 0 Å². The minimum atomic E-state index is -0.508. The highest BCUT2D eigenvalue weighted by atomic mass is 16.6. The van der Waals surface area contributed by atoms with E-state index in [9.17, 15) is 9.59 Å². The summed E-state index contributed by atoms with van der Waals surface area (Å²) in [5.74, 6) is 0.0888. The Kier molecular flexibility index (Phi) is 4.66. The molecule has 1 atom stereocenters. The first-order chi connectivity index (χ1) is 9.87. The first kappa shape index (κ1) is 15.5. The number of carbonyl (C=O) groups is 2. The predicted octanol–water partition coefficient (Wildman–Crippen LogP) is 3.37. The number of nitrogens with zero attached hydrogens (tertiary/aromatic N) is 1.